The molecule has 0 spiro atoms. The molecular weight excluding hydrogens is 524 g/mol. The Morgan fingerprint density at radius 1 is 1.11 bits per heavy atom. The molecule has 2 aromatic heterocycles. The first-order valence-corrected chi connectivity index (χ1v) is 14.3. The zero-order chi connectivity index (χ0) is 24.4. The Morgan fingerprint density at radius 3 is 2.71 bits per heavy atom. The van der Waals surface area contributed by atoms with Crippen molar-refractivity contribution < 1.29 is 13.2 Å². The van der Waals surface area contributed by atoms with Gasteiger partial charge in [-0.05, 0) is 35.2 Å². The van der Waals surface area contributed by atoms with Crippen LogP contribution in [0.4, 0.5) is 5.69 Å². The van der Waals surface area contributed by atoms with E-state index in [1.54, 1.807) is 29.5 Å². The van der Waals surface area contributed by atoms with Gasteiger partial charge in [0.15, 0.2) is 5.16 Å². The lowest BCUT2D eigenvalue weighted by molar-refractivity contribution is -0.118. The molecule has 1 aliphatic rings. The quantitative estimate of drug-likeness (QED) is 0.262. The largest absolute Gasteiger partial charge is 0.350 e. The van der Waals surface area contributed by atoms with Gasteiger partial charge in [-0.1, -0.05) is 59.8 Å². The molecule has 0 saturated heterocycles. The smallest absolute Gasteiger partial charge is 0.268 e. The molecule has 7 nitrogen and oxygen atoms in total. The van der Waals surface area contributed by atoms with Crippen LogP contribution in [0.1, 0.15) is 10.4 Å². The summed E-state index contributed by atoms with van der Waals surface area (Å²) in [5.74, 6) is -0.0470. The molecule has 35 heavy (non-hydrogen) atoms. The molecule has 0 bridgehead atoms. The number of thiophene rings is 1. The molecule has 0 unspecified atom stereocenters. The van der Waals surface area contributed by atoms with E-state index in [-0.39, 0.29) is 28.8 Å². The van der Waals surface area contributed by atoms with Crippen molar-refractivity contribution in [3.05, 3.63) is 87.7 Å². The van der Waals surface area contributed by atoms with E-state index in [4.69, 9.17) is 11.6 Å². The van der Waals surface area contributed by atoms with Crippen LogP contribution in [0.3, 0.4) is 0 Å². The molecule has 1 amide bonds. The van der Waals surface area contributed by atoms with E-state index in [0.717, 1.165) is 22.2 Å². The average molecular weight is 543 g/mol. The minimum absolute atomic E-state index is 0.00898. The predicted octanol–water partition coefficient (Wildman–Crippen LogP) is 4.98. The lowest BCUT2D eigenvalue weighted by Crippen LogP contribution is -2.34. The van der Waals surface area contributed by atoms with Crippen molar-refractivity contribution in [3.8, 4) is 11.3 Å². The monoisotopic (exact) mass is 542 g/mol. The Labute approximate surface area is 216 Å². The summed E-state index contributed by atoms with van der Waals surface area (Å²) < 4.78 is 28.5. The molecule has 0 fully saturated rings. The lowest BCUT2D eigenvalue weighted by Gasteiger charge is -2.31. The van der Waals surface area contributed by atoms with Crippen molar-refractivity contribution in [3.63, 3.8) is 0 Å². The number of halogens is 1. The minimum atomic E-state index is -3.91. The number of hydrogen-bond donors (Lipinski definition) is 1. The summed E-state index contributed by atoms with van der Waals surface area (Å²) in [7, 11) is -3.91. The molecule has 1 N–H and O–H groups in total. The van der Waals surface area contributed by atoms with Crippen LogP contribution in [-0.2, 0) is 27.9 Å². The van der Waals surface area contributed by atoms with E-state index in [9.17, 15) is 13.2 Å². The van der Waals surface area contributed by atoms with Crippen LogP contribution in [0.15, 0.2) is 82.3 Å². The van der Waals surface area contributed by atoms with E-state index in [1.165, 1.54) is 10.5 Å². The van der Waals surface area contributed by atoms with E-state index < -0.39 is 10.0 Å². The first-order chi connectivity index (χ1) is 16.9. The molecule has 178 valence electrons. The number of benzene rings is 2. The summed E-state index contributed by atoms with van der Waals surface area (Å²) >= 11 is 8.99. The molecule has 4 aromatic rings. The zero-order valence-electron chi connectivity index (χ0n) is 18.2. The summed E-state index contributed by atoms with van der Waals surface area (Å²) in [6, 6.07) is 18.3. The number of rotatable bonds is 7. The SMILES string of the molecule is O=C(CSc1ncc2c(n1)-c1cc(Cl)ccc1N(Cc1ccccc1)S2(=O)=O)NCc1cccs1. The number of sulfonamides is 1. The van der Waals surface area contributed by atoms with Gasteiger partial charge >= 0.3 is 0 Å². The number of fused-ring (bicyclic) bond motifs is 3. The second kappa shape index (κ2) is 9.98. The number of thioether (sulfide) groups is 1. The van der Waals surface area contributed by atoms with Gasteiger partial charge in [-0.2, -0.15) is 0 Å². The third-order valence-electron chi connectivity index (χ3n) is 5.32. The van der Waals surface area contributed by atoms with Crippen molar-refractivity contribution in [2.45, 2.75) is 23.1 Å². The van der Waals surface area contributed by atoms with Crippen LogP contribution in [0.5, 0.6) is 0 Å². The fourth-order valence-corrected chi connectivity index (χ4v) is 6.69. The molecule has 5 rings (SSSR count). The van der Waals surface area contributed by atoms with Crippen molar-refractivity contribution in [2.24, 2.45) is 0 Å². The van der Waals surface area contributed by atoms with Crippen LogP contribution in [-0.4, -0.2) is 30.0 Å². The summed E-state index contributed by atoms with van der Waals surface area (Å²) in [5, 5.41) is 5.59. The summed E-state index contributed by atoms with van der Waals surface area (Å²) in [6.07, 6.45) is 1.31. The highest BCUT2D eigenvalue weighted by atomic mass is 35.5. The number of carbonyl (C=O) groups is 1. The Bertz CT molecular complexity index is 1480. The fraction of sp³-hybridized carbons (Fsp3) is 0.125. The van der Waals surface area contributed by atoms with Gasteiger partial charge in [-0.3, -0.25) is 9.10 Å². The maximum atomic E-state index is 13.6. The Morgan fingerprint density at radius 2 is 1.94 bits per heavy atom. The number of carbonyl (C=O) groups excluding carboxylic acids is 1. The Balaban J connectivity index is 1.42. The zero-order valence-corrected chi connectivity index (χ0v) is 21.4. The van der Waals surface area contributed by atoms with Gasteiger partial charge in [0.05, 0.1) is 36.4 Å². The van der Waals surface area contributed by atoms with Crippen molar-refractivity contribution in [1.82, 2.24) is 15.3 Å². The molecule has 0 aliphatic carbocycles. The van der Waals surface area contributed by atoms with Gasteiger partial charge in [0.1, 0.15) is 4.90 Å². The van der Waals surface area contributed by atoms with Gasteiger partial charge in [0.25, 0.3) is 10.0 Å². The maximum absolute atomic E-state index is 13.6. The second-order valence-corrected chi connectivity index (χ2v) is 11.9. The number of hydrogen-bond acceptors (Lipinski definition) is 7. The first kappa shape index (κ1) is 23.8. The lowest BCUT2D eigenvalue weighted by atomic mass is 10.1. The number of aromatic nitrogens is 2. The van der Waals surface area contributed by atoms with Crippen molar-refractivity contribution >= 4 is 56.3 Å². The molecule has 0 atom stereocenters. The van der Waals surface area contributed by atoms with Gasteiger partial charge in [-0.25, -0.2) is 18.4 Å². The number of nitrogens with zero attached hydrogens (tertiary/aromatic N) is 3. The van der Waals surface area contributed by atoms with Crippen LogP contribution >= 0.6 is 34.7 Å². The minimum Gasteiger partial charge on any atom is -0.350 e. The molecule has 11 heteroatoms. The highest BCUT2D eigenvalue weighted by Gasteiger charge is 2.37. The average Bonchev–Trinajstić information content (AvgIpc) is 3.38. The summed E-state index contributed by atoms with van der Waals surface area (Å²) in [4.78, 5) is 22.1. The summed E-state index contributed by atoms with van der Waals surface area (Å²) in [5.41, 5.74) is 2.23. The van der Waals surface area contributed by atoms with Crippen LogP contribution in [0.2, 0.25) is 5.02 Å². The standard InChI is InChI=1S/C24H19ClN4O3S3/c25-17-8-9-20-19(11-17)23-21(35(31,32)29(20)14-16-5-2-1-3-6-16)13-27-24(28-23)34-15-22(30)26-12-18-7-4-10-33-18/h1-11,13H,12,14-15H2,(H,26,30). The van der Waals surface area contributed by atoms with E-state index >= 15 is 0 Å². The third kappa shape index (κ3) is 5.06. The van der Waals surface area contributed by atoms with Crippen molar-refractivity contribution in [2.75, 3.05) is 10.1 Å². The predicted molar refractivity (Wildman–Crippen MR) is 139 cm³/mol. The Kier molecular flexibility index (Phi) is 6.79. The van der Waals surface area contributed by atoms with Crippen molar-refractivity contribution in [1.29, 1.82) is 0 Å². The molecule has 1 aliphatic heterocycles. The summed E-state index contributed by atoms with van der Waals surface area (Å²) in [6.45, 7) is 0.627. The molecule has 0 radical (unpaired) electrons. The van der Waals surface area contributed by atoms with Gasteiger partial charge in [0, 0.05) is 15.5 Å². The maximum Gasteiger partial charge on any atom is 0.268 e. The molecule has 2 aromatic carbocycles. The Hall–Kier alpha value is -2.92. The second-order valence-electron chi connectivity index (χ2n) is 7.67. The first-order valence-electron chi connectivity index (χ1n) is 10.6. The normalized spacial score (nSPS) is 13.7. The van der Waals surface area contributed by atoms with Gasteiger partial charge < -0.3 is 5.32 Å². The van der Waals surface area contributed by atoms with Gasteiger partial charge in [0.2, 0.25) is 5.91 Å². The highest BCUT2D eigenvalue weighted by Crippen LogP contribution is 2.44. The van der Waals surface area contributed by atoms with E-state index in [0.29, 0.717) is 28.0 Å². The van der Waals surface area contributed by atoms with Gasteiger partial charge in [-0.15, -0.1) is 11.3 Å². The molecule has 0 saturated carbocycles. The molecular formula is C24H19ClN4O3S3. The molecule has 3 heterocycles. The highest BCUT2D eigenvalue weighted by molar-refractivity contribution is 7.99. The number of amides is 1. The van der Waals surface area contributed by atoms with Crippen LogP contribution in [0.25, 0.3) is 11.3 Å². The number of anilines is 1. The number of nitrogens with one attached hydrogen (secondary N) is 1. The van der Waals surface area contributed by atoms with E-state index in [2.05, 4.69) is 15.3 Å². The van der Waals surface area contributed by atoms with Crippen LogP contribution < -0.4 is 9.62 Å². The topological polar surface area (TPSA) is 92.3 Å². The third-order valence-corrected chi connectivity index (χ3v) is 9.06. The van der Waals surface area contributed by atoms with Crippen LogP contribution in [0, 0.1) is 0 Å². The fourth-order valence-electron chi connectivity index (χ4n) is 3.67. The van der Waals surface area contributed by atoms with E-state index in [1.807, 2.05) is 47.8 Å².